The van der Waals surface area contributed by atoms with Crippen LogP contribution in [-0.2, 0) is 0 Å². The molecule has 0 aromatic heterocycles. The third-order valence-corrected chi connectivity index (χ3v) is 4.40. The molecule has 0 amide bonds. The van der Waals surface area contributed by atoms with E-state index < -0.39 is 0 Å². The molecule has 0 spiro atoms. The van der Waals surface area contributed by atoms with E-state index in [1.807, 2.05) is 18.2 Å². The summed E-state index contributed by atoms with van der Waals surface area (Å²) < 4.78 is 0. The van der Waals surface area contributed by atoms with Crippen molar-refractivity contribution < 1.29 is 0 Å². The molecular formula is C15H22Cl2N2. The van der Waals surface area contributed by atoms with Gasteiger partial charge in [-0.3, -0.25) is 4.90 Å². The minimum Gasteiger partial charge on any atom is -0.329 e. The third-order valence-electron chi connectivity index (χ3n) is 3.74. The molecule has 2 N–H and O–H groups in total. The molecule has 1 atom stereocenters. The van der Waals surface area contributed by atoms with Gasteiger partial charge < -0.3 is 5.73 Å². The zero-order chi connectivity index (χ0) is 13.8. The van der Waals surface area contributed by atoms with Gasteiger partial charge in [-0.15, -0.1) is 0 Å². The van der Waals surface area contributed by atoms with Crippen molar-refractivity contribution in [1.82, 2.24) is 4.90 Å². The van der Waals surface area contributed by atoms with Crippen LogP contribution in [0.2, 0.25) is 10.0 Å². The molecule has 4 heteroatoms. The lowest BCUT2D eigenvalue weighted by Gasteiger charge is -2.32. The standard InChI is InChI=1S/C15H22Cl2N2/c1-2-3-9-19(11-7-8-11)14(10-18)15-12(16)5-4-6-13(15)17/h4-6,11,14H,2-3,7-10,18H2,1H3. The fraction of sp³-hybridized carbons (Fsp3) is 0.600. The van der Waals surface area contributed by atoms with E-state index in [-0.39, 0.29) is 6.04 Å². The van der Waals surface area contributed by atoms with Gasteiger partial charge in [0.2, 0.25) is 0 Å². The van der Waals surface area contributed by atoms with Crippen molar-refractivity contribution >= 4 is 23.2 Å². The van der Waals surface area contributed by atoms with Gasteiger partial charge >= 0.3 is 0 Å². The Kier molecular flexibility index (Phi) is 5.52. The maximum atomic E-state index is 6.34. The average Bonchev–Trinajstić information content (AvgIpc) is 3.21. The summed E-state index contributed by atoms with van der Waals surface area (Å²) in [7, 11) is 0. The topological polar surface area (TPSA) is 29.3 Å². The second kappa shape index (κ2) is 6.94. The van der Waals surface area contributed by atoms with Crippen LogP contribution in [0.3, 0.4) is 0 Å². The van der Waals surface area contributed by atoms with Crippen molar-refractivity contribution in [3.8, 4) is 0 Å². The van der Waals surface area contributed by atoms with E-state index >= 15 is 0 Å². The largest absolute Gasteiger partial charge is 0.329 e. The first-order valence-electron chi connectivity index (χ1n) is 7.08. The highest BCUT2D eigenvalue weighted by atomic mass is 35.5. The predicted molar refractivity (Wildman–Crippen MR) is 82.9 cm³/mol. The molecule has 0 radical (unpaired) electrons. The molecule has 19 heavy (non-hydrogen) atoms. The summed E-state index contributed by atoms with van der Waals surface area (Å²) in [6, 6.07) is 6.48. The number of nitrogens with two attached hydrogens (primary N) is 1. The van der Waals surface area contributed by atoms with E-state index in [4.69, 9.17) is 28.9 Å². The third kappa shape index (κ3) is 3.63. The van der Waals surface area contributed by atoms with Gasteiger partial charge in [-0.25, -0.2) is 0 Å². The van der Waals surface area contributed by atoms with E-state index in [1.54, 1.807) is 0 Å². The lowest BCUT2D eigenvalue weighted by molar-refractivity contribution is 0.188. The van der Waals surface area contributed by atoms with Gasteiger partial charge in [0.25, 0.3) is 0 Å². The van der Waals surface area contributed by atoms with Gasteiger partial charge in [-0.05, 0) is 37.9 Å². The summed E-state index contributed by atoms with van der Waals surface area (Å²) in [5.41, 5.74) is 7.02. The van der Waals surface area contributed by atoms with E-state index in [9.17, 15) is 0 Å². The average molecular weight is 301 g/mol. The fourth-order valence-corrected chi connectivity index (χ4v) is 3.24. The zero-order valence-electron chi connectivity index (χ0n) is 11.4. The van der Waals surface area contributed by atoms with Crippen LogP contribution in [0.25, 0.3) is 0 Å². The van der Waals surface area contributed by atoms with Crippen LogP contribution in [0.4, 0.5) is 0 Å². The second-order valence-electron chi connectivity index (χ2n) is 5.21. The van der Waals surface area contributed by atoms with Gasteiger partial charge in [-0.2, -0.15) is 0 Å². The van der Waals surface area contributed by atoms with Crippen molar-refractivity contribution in [2.24, 2.45) is 5.73 Å². The Morgan fingerprint density at radius 3 is 2.42 bits per heavy atom. The fourth-order valence-electron chi connectivity index (χ4n) is 2.59. The van der Waals surface area contributed by atoms with Crippen LogP contribution in [-0.4, -0.2) is 24.0 Å². The highest BCUT2D eigenvalue weighted by molar-refractivity contribution is 6.36. The summed E-state index contributed by atoms with van der Waals surface area (Å²) >= 11 is 12.7. The van der Waals surface area contributed by atoms with E-state index in [1.165, 1.54) is 25.7 Å². The number of halogens is 2. The molecule has 1 unspecified atom stereocenters. The smallest absolute Gasteiger partial charge is 0.0502 e. The first-order valence-corrected chi connectivity index (χ1v) is 7.84. The Morgan fingerprint density at radius 2 is 1.95 bits per heavy atom. The Bertz CT molecular complexity index is 398. The van der Waals surface area contributed by atoms with E-state index in [0.717, 1.165) is 22.2 Å². The summed E-state index contributed by atoms with van der Waals surface area (Å²) in [6.07, 6.45) is 4.91. The molecule has 0 saturated heterocycles. The Morgan fingerprint density at radius 1 is 1.32 bits per heavy atom. The molecule has 2 rings (SSSR count). The lowest BCUT2D eigenvalue weighted by Crippen LogP contribution is -2.36. The first-order chi connectivity index (χ1) is 9.19. The Balaban J connectivity index is 2.25. The molecule has 106 valence electrons. The molecule has 1 fully saturated rings. The first kappa shape index (κ1) is 15.1. The number of unbranched alkanes of at least 4 members (excludes halogenated alkanes) is 1. The van der Waals surface area contributed by atoms with Gasteiger partial charge in [0.15, 0.2) is 0 Å². The number of hydrogen-bond donors (Lipinski definition) is 1. The molecule has 1 aliphatic rings. The second-order valence-corrected chi connectivity index (χ2v) is 6.02. The van der Waals surface area contributed by atoms with Crippen molar-refractivity contribution in [2.45, 2.75) is 44.7 Å². The summed E-state index contributed by atoms with van der Waals surface area (Å²) in [5.74, 6) is 0. The number of benzene rings is 1. The van der Waals surface area contributed by atoms with Gasteiger partial charge in [-0.1, -0.05) is 42.6 Å². The minimum atomic E-state index is 0.139. The van der Waals surface area contributed by atoms with Crippen LogP contribution < -0.4 is 5.73 Å². The quantitative estimate of drug-likeness (QED) is 0.815. The molecular weight excluding hydrogens is 279 g/mol. The highest BCUT2D eigenvalue weighted by Crippen LogP contribution is 2.39. The number of rotatable bonds is 7. The molecule has 0 heterocycles. The number of nitrogens with zero attached hydrogens (tertiary/aromatic N) is 1. The van der Waals surface area contributed by atoms with E-state index in [2.05, 4.69) is 11.8 Å². The molecule has 1 aromatic rings. The molecule has 1 saturated carbocycles. The van der Waals surface area contributed by atoms with Crippen LogP contribution in [0.5, 0.6) is 0 Å². The van der Waals surface area contributed by atoms with Crippen LogP contribution in [0.15, 0.2) is 18.2 Å². The summed E-state index contributed by atoms with van der Waals surface area (Å²) in [5, 5.41) is 1.45. The lowest BCUT2D eigenvalue weighted by atomic mass is 10.0. The Labute approximate surface area is 125 Å². The van der Waals surface area contributed by atoms with Gasteiger partial charge in [0.1, 0.15) is 0 Å². The zero-order valence-corrected chi connectivity index (χ0v) is 12.9. The predicted octanol–water partition coefficient (Wildman–Crippen LogP) is 4.26. The normalized spacial score (nSPS) is 16.9. The van der Waals surface area contributed by atoms with Crippen molar-refractivity contribution in [3.63, 3.8) is 0 Å². The number of hydrogen-bond acceptors (Lipinski definition) is 2. The summed E-state index contributed by atoms with van der Waals surface area (Å²) in [4.78, 5) is 2.50. The SMILES string of the molecule is CCCCN(C1CC1)C(CN)c1c(Cl)cccc1Cl. The van der Waals surface area contributed by atoms with Crippen molar-refractivity contribution in [3.05, 3.63) is 33.8 Å². The monoisotopic (exact) mass is 300 g/mol. The van der Waals surface area contributed by atoms with E-state index in [0.29, 0.717) is 12.6 Å². The van der Waals surface area contributed by atoms with Crippen LogP contribution >= 0.6 is 23.2 Å². The van der Waals surface area contributed by atoms with Crippen molar-refractivity contribution in [1.29, 1.82) is 0 Å². The summed E-state index contributed by atoms with van der Waals surface area (Å²) in [6.45, 7) is 3.85. The van der Waals surface area contributed by atoms with Gasteiger partial charge in [0, 0.05) is 28.2 Å². The van der Waals surface area contributed by atoms with Gasteiger partial charge in [0.05, 0.1) is 6.04 Å². The van der Waals surface area contributed by atoms with Crippen LogP contribution in [0.1, 0.15) is 44.2 Å². The van der Waals surface area contributed by atoms with Crippen molar-refractivity contribution in [2.75, 3.05) is 13.1 Å². The molecule has 0 bridgehead atoms. The molecule has 2 nitrogen and oxygen atoms in total. The van der Waals surface area contributed by atoms with Crippen LogP contribution in [0, 0.1) is 0 Å². The highest BCUT2D eigenvalue weighted by Gasteiger charge is 2.35. The maximum absolute atomic E-state index is 6.34. The maximum Gasteiger partial charge on any atom is 0.0502 e. The minimum absolute atomic E-state index is 0.139. The Hall–Kier alpha value is -0.280. The molecule has 0 aliphatic heterocycles. The molecule has 1 aromatic carbocycles. The molecule has 1 aliphatic carbocycles.